The number of esters is 1. The molecule has 0 aromatic heterocycles. The highest BCUT2D eigenvalue weighted by Crippen LogP contribution is 2.59. The Hall–Kier alpha value is -4.80. The highest BCUT2D eigenvalue weighted by atomic mass is 19.2. The van der Waals surface area contributed by atoms with Crippen molar-refractivity contribution in [2.45, 2.75) is 12.1 Å². The summed E-state index contributed by atoms with van der Waals surface area (Å²) >= 11 is 0. The Morgan fingerprint density at radius 2 is 1.45 bits per heavy atom. The Balaban J connectivity index is 1.54. The summed E-state index contributed by atoms with van der Waals surface area (Å²) in [5.74, 6) is -12.1. The molecule has 2 aliphatic rings. The molecular weight excluding hydrogens is 513 g/mol. The first-order valence-corrected chi connectivity index (χ1v) is 11.1. The molecule has 2 aliphatic heterocycles. The molecule has 0 saturated heterocycles. The molecule has 0 radical (unpaired) electrons. The number of carbonyl (C=O) groups is 1. The third-order valence-corrected chi connectivity index (χ3v) is 6.59. The molecule has 192 valence electrons. The second kappa shape index (κ2) is 8.10. The van der Waals surface area contributed by atoms with Crippen molar-refractivity contribution in [3.8, 4) is 23.0 Å². The summed E-state index contributed by atoms with van der Waals surface area (Å²) in [7, 11) is 0. The van der Waals surface area contributed by atoms with Crippen LogP contribution in [-0.2, 0) is 16.9 Å². The van der Waals surface area contributed by atoms with Gasteiger partial charge in [0.15, 0.2) is 34.6 Å². The minimum absolute atomic E-state index is 0.0342. The van der Waals surface area contributed by atoms with Gasteiger partial charge in [-0.05, 0) is 30.3 Å². The second-order valence-electron chi connectivity index (χ2n) is 8.64. The van der Waals surface area contributed by atoms with E-state index in [-0.39, 0.29) is 34.1 Å². The van der Waals surface area contributed by atoms with Crippen LogP contribution >= 0.6 is 0 Å². The summed E-state index contributed by atoms with van der Waals surface area (Å²) in [5.41, 5.74) is -1.82. The van der Waals surface area contributed by atoms with E-state index in [1.165, 1.54) is 30.3 Å². The maximum absolute atomic E-state index is 14.3. The molecule has 3 N–H and O–H groups in total. The van der Waals surface area contributed by atoms with Gasteiger partial charge in [0.25, 0.3) is 0 Å². The van der Waals surface area contributed by atoms with Crippen molar-refractivity contribution in [2.75, 3.05) is 5.32 Å². The number of hydrogen-bond donors (Lipinski definition) is 3. The van der Waals surface area contributed by atoms with Gasteiger partial charge in [-0.2, -0.15) is 0 Å². The zero-order valence-electron chi connectivity index (χ0n) is 18.9. The fourth-order valence-electron chi connectivity index (χ4n) is 4.87. The van der Waals surface area contributed by atoms with Crippen LogP contribution < -0.4 is 10.1 Å². The van der Waals surface area contributed by atoms with Crippen molar-refractivity contribution in [1.29, 1.82) is 0 Å². The van der Waals surface area contributed by atoms with Crippen molar-refractivity contribution < 1.29 is 46.4 Å². The number of nitrogens with one attached hydrogen (secondary N) is 1. The van der Waals surface area contributed by atoms with E-state index >= 15 is 0 Å². The van der Waals surface area contributed by atoms with Gasteiger partial charge in [-0.3, -0.25) is 0 Å². The van der Waals surface area contributed by atoms with Crippen LogP contribution in [0.5, 0.6) is 23.0 Å². The third-order valence-electron chi connectivity index (χ3n) is 6.59. The average Bonchev–Trinajstić information content (AvgIpc) is 3.20. The summed E-state index contributed by atoms with van der Waals surface area (Å²) in [5, 5.41) is 23.2. The van der Waals surface area contributed by atoms with Gasteiger partial charge in [-0.1, -0.05) is 18.2 Å². The maximum Gasteiger partial charge on any atom is 0.340 e. The minimum Gasteiger partial charge on any atom is -0.508 e. The number of benzene rings is 4. The Labute approximate surface area is 210 Å². The minimum atomic E-state index is -2.30. The van der Waals surface area contributed by atoms with Gasteiger partial charge >= 0.3 is 5.97 Å². The van der Waals surface area contributed by atoms with E-state index in [4.69, 9.17) is 9.47 Å². The molecule has 1 spiro atoms. The molecule has 0 saturated carbocycles. The zero-order chi connectivity index (χ0) is 26.9. The van der Waals surface area contributed by atoms with E-state index in [1.54, 1.807) is 24.3 Å². The predicted octanol–water partition coefficient (Wildman–Crippen LogP) is 5.97. The Morgan fingerprint density at radius 3 is 2.18 bits per heavy atom. The molecule has 4 aromatic carbocycles. The number of fused-ring (bicyclic) bond motifs is 6. The lowest BCUT2D eigenvalue weighted by Crippen LogP contribution is -2.33. The number of phenolic OH excluding ortho intramolecular Hbond substituents is 2. The summed E-state index contributed by atoms with van der Waals surface area (Å²) in [4.78, 5) is 12.9. The van der Waals surface area contributed by atoms with Crippen LogP contribution in [0.2, 0.25) is 0 Å². The fourth-order valence-corrected chi connectivity index (χ4v) is 4.87. The molecule has 0 bridgehead atoms. The number of phenols is 2. The van der Waals surface area contributed by atoms with E-state index in [0.29, 0.717) is 11.1 Å². The van der Waals surface area contributed by atoms with Gasteiger partial charge in [0.2, 0.25) is 5.82 Å². The number of aromatic hydroxyl groups is 2. The first-order chi connectivity index (χ1) is 18.1. The zero-order valence-corrected chi connectivity index (χ0v) is 18.9. The smallest absolute Gasteiger partial charge is 0.340 e. The molecular formula is C27H14F5NO5. The first-order valence-electron chi connectivity index (χ1n) is 11.1. The van der Waals surface area contributed by atoms with Crippen LogP contribution in [0.1, 0.15) is 32.6 Å². The lowest BCUT2D eigenvalue weighted by Gasteiger charge is -2.37. The quantitative estimate of drug-likeness (QED) is 0.100. The predicted molar refractivity (Wildman–Crippen MR) is 122 cm³/mol. The summed E-state index contributed by atoms with van der Waals surface area (Å²) in [6, 6.07) is 13.3. The third kappa shape index (κ3) is 3.07. The topological polar surface area (TPSA) is 88.0 Å². The van der Waals surface area contributed by atoms with Gasteiger partial charge in [0.1, 0.15) is 22.9 Å². The molecule has 1 atom stereocenters. The monoisotopic (exact) mass is 527 g/mol. The van der Waals surface area contributed by atoms with Crippen LogP contribution in [0, 0.1) is 29.1 Å². The van der Waals surface area contributed by atoms with Crippen molar-refractivity contribution in [2.24, 2.45) is 0 Å². The van der Waals surface area contributed by atoms with Gasteiger partial charge < -0.3 is 25.0 Å². The standard InChI is InChI=1S/C27H14F5NO5/c28-19-13(20(29)22(31)23(32)21(19)30)10-33-24-17(35)8-7-16-25(24)37-18-9-11(34)5-6-15(18)27(16)14-4-2-1-3-12(14)26(36)38-27/h1-9,33-35H,10H2. The average molecular weight is 527 g/mol. The SMILES string of the molecule is O=C1OC2(c3ccc(O)cc3Oc3c2ccc(O)c3NCc2c(F)c(F)c(F)c(F)c2F)c2ccccc21. The van der Waals surface area contributed by atoms with Gasteiger partial charge in [-0.15, -0.1) is 0 Å². The van der Waals surface area contributed by atoms with Gasteiger partial charge in [-0.25, -0.2) is 26.7 Å². The summed E-state index contributed by atoms with van der Waals surface area (Å²) in [6.07, 6.45) is 0. The molecule has 1 unspecified atom stereocenters. The van der Waals surface area contributed by atoms with Crippen LogP contribution in [0.15, 0.2) is 54.6 Å². The number of anilines is 1. The number of hydrogen-bond acceptors (Lipinski definition) is 6. The highest BCUT2D eigenvalue weighted by molar-refractivity contribution is 5.97. The normalized spacial score (nSPS) is 16.9. The number of rotatable bonds is 3. The second-order valence-corrected chi connectivity index (χ2v) is 8.64. The molecule has 0 fully saturated rings. The molecule has 11 heteroatoms. The number of halogens is 5. The summed E-state index contributed by atoms with van der Waals surface area (Å²) in [6.45, 7) is -0.935. The Kier molecular flexibility index (Phi) is 5.03. The van der Waals surface area contributed by atoms with E-state index in [2.05, 4.69) is 5.32 Å². The first kappa shape index (κ1) is 23.6. The van der Waals surface area contributed by atoms with Gasteiger partial charge in [0, 0.05) is 29.3 Å². The molecule has 0 amide bonds. The van der Waals surface area contributed by atoms with Crippen molar-refractivity contribution in [3.63, 3.8) is 0 Å². The molecule has 38 heavy (non-hydrogen) atoms. The lowest BCUT2D eigenvalue weighted by molar-refractivity contribution is 0.0224. The highest BCUT2D eigenvalue weighted by Gasteiger charge is 2.54. The lowest BCUT2D eigenvalue weighted by atomic mass is 9.77. The molecule has 0 aliphatic carbocycles. The molecule has 6 nitrogen and oxygen atoms in total. The van der Waals surface area contributed by atoms with Crippen LogP contribution in [0.4, 0.5) is 27.6 Å². The fraction of sp³-hybridized carbons (Fsp3) is 0.0741. The van der Waals surface area contributed by atoms with E-state index < -0.39 is 58.5 Å². The number of ether oxygens (including phenoxy) is 2. The molecule has 2 heterocycles. The van der Waals surface area contributed by atoms with Crippen LogP contribution in [0.3, 0.4) is 0 Å². The molecule has 4 aromatic rings. The Morgan fingerprint density at radius 1 is 0.789 bits per heavy atom. The summed E-state index contributed by atoms with van der Waals surface area (Å²) < 4.78 is 81.4. The van der Waals surface area contributed by atoms with Crippen LogP contribution in [0.25, 0.3) is 0 Å². The maximum atomic E-state index is 14.3. The van der Waals surface area contributed by atoms with E-state index in [1.807, 2.05) is 0 Å². The largest absolute Gasteiger partial charge is 0.508 e. The Bertz CT molecular complexity index is 1660. The van der Waals surface area contributed by atoms with Crippen molar-refractivity contribution in [1.82, 2.24) is 0 Å². The number of carbonyl (C=O) groups excluding carboxylic acids is 1. The van der Waals surface area contributed by atoms with Crippen LogP contribution in [-0.4, -0.2) is 16.2 Å². The van der Waals surface area contributed by atoms with E-state index in [0.717, 1.165) is 0 Å². The molecule has 6 rings (SSSR count). The van der Waals surface area contributed by atoms with Gasteiger partial charge in [0.05, 0.1) is 11.1 Å². The van der Waals surface area contributed by atoms with Crippen molar-refractivity contribution >= 4 is 11.7 Å². The van der Waals surface area contributed by atoms with Crippen molar-refractivity contribution in [3.05, 3.63) is 112 Å². The van der Waals surface area contributed by atoms with E-state index in [9.17, 15) is 37.0 Å².